The van der Waals surface area contributed by atoms with Crippen molar-refractivity contribution >= 4 is 11.6 Å². The maximum atomic E-state index is 3.89. The molecule has 0 bridgehead atoms. The lowest BCUT2D eigenvalue weighted by atomic mass is 10.0. The van der Waals surface area contributed by atoms with Crippen molar-refractivity contribution in [2.45, 2.75) is 6.92 Å². The molecule has 0 heterocycles. The maximum absolute atomic E-state index is 3.89. The summed E-state index contributed by atoms with van der Waals surface area (Å²) in [6, 6.07) is 8.11. The summed E-state index contributed by atoms with van der Waals surface area (Å²) in [7, 11) is 0. The Bertz CT molecular complexity index is 282. The van der Waals surface area contributed by atoms with Crippen molar-refractivity contribution in [1.29, 1.82) is 0 Å². The molecule has 0 amide bonds. The molecule has 0 aliphatic carbocycles. The van der Waals surface area contributed by atoms with Gasteiger partial charge in [0.2, 0.25) is 0 Å². The monoisotopic (exact) mass is 144 g/mol. The van der Waals surface area contributed by atoms with Crippen molar-refractivity contribution in [1.82, 2.24) is 0 Å². The van der Waals surface area contributed by atoms with Crippen LogP contribution in [0.5, 0.6) is 0 Å². The minimum absolute atomic E-state index is 1.08. The van der Waals surface area contributed by atoms with E-state index in [1.165, 1.54) is 5.56 Å². The Balaban J connectivity index is 3.22. The van der Waals surface area contributed by atoms with Gasteiger partial charge in [0.25, 0.3) is 0 Å². The second-order valence-corrected chi connectivity index (χ2v) is 2.57. The molecular weight excluding hydrogens is 132 g/mol. The van der Waals surface area contributed by atoms with Crippen molar-refractivity contribution in [3.05, 3.63) is 48.6 Å². The summed E-state index contributed by atoms with van der Waals surface area (Å²) >= 11 is 0. The highest BCUT2D eigenvalue weighted by Crippen LogP contribution is 2.17. The van der Waals surface area contributed by atoms with Gasteiger partial charge >= 0.3 is 0 Å². The number of benzene rings is 1. The molecule has 0 unspecified atom stereocenters. The molecule has 0 spiro atoms. The third-order valence-electron chi connectivity index (χ3n) is 1.64. The van der Waals surface area contributed by atoms with E-state index in [1.54, 1.807) is 0 Å². The van der Waals surface area contributed by atoms with E-state index in [1.807, 2.05) is 31.2 Å². The van der Waals surface area contributed by atoms with Gasteiger partial charge in [0.05, 0.1) is 0 Å². The van der Waals surface area contributed by atoms with Gasteiger partial charge in [0.1, 0.15) is 0 Å². The standard InChI is InChI=1S/C11H12/c1-4-10-7-5-6-8-11(10)9(2)3/h4-8H,1-2H2,3H3. The second kappa shape index (κ2) is 3.20. The maximum Gasteiger partial charge on any atom is -0.0161 e. The van der Waals surface area contributed by atoms with E-state index in [0.29, 0.717) is 0 Å². The number of allylic oxidation sites excluding steroid dienone is 1. The van der Waals surface area contributed by atoms with Gasteiger partial charge in [0.15, 0.2) is 0 Å². The summed E-state index contributed by atoms with van der Waals surface area (Å²) in [5.41, 5.74) is 3.42. The summed E-state index contributed by atoms with van der Waals surface area (Å²) < 4.78 is 0. The van der Waals surface area contributed by atoms with Crippen LogP contribution in [0.15, 0.2) is 37.4 Å². The third kappa shape index (κ3) is 1.58. The fourth-order valence-corrected chi connectivity index (χ4v) is 1.06. The predicted molar refractivity (Wildman–Crippen MR) is 51.2 cm³/mol. The molecule has 0 radical (unpaired) electrons. The first-order valence-electron chi connectivity index (χ1n) is 3.63. The summed E-state index contributed by atoms with van der Waals surface area (Å²) in [5.74, 6) is 0. The molecule has 0 heteroatoms. The lowest BCUT2D eigenvalue weighted by Gasteiger charge is -2.02. The molecular formula is C11H12. The van der Waals surface area contributed by atoms with Crippen LogP contribution in [0.1, 0.15) is 18.1 Å². The van der Waals surface area contributed by atoms with Crippen molar-refractivity contribution < 1.29 is 0 Å². The van der Waals surface area contributed by atoms with Gasteiger partial charge in [-0.05, 0) is 18.1 Å². The highest BCUT2D eigenvalue weighted by atomic mass is 14.0. The average molecular weight is 144 g/mol. The largest absolute Gasteiger partial charge is 0.0984 e. The van der Waals surface area contributed by atoms with Crippen LogP contribution in [-0.2, 0) is 0 Å². The molecule has 1 aromatic rings. The van der Waals surface area contributed by atoms with E-state index in [0.717, 1.165) is 11.1 Å². The Morgan fingerprint density at radius 2 is 2.00 bits per heavy atom. The zero-order valence-electron chi connectivity index (χ0n) is 6.80. The van der Waals surface area contributed by atoms with Gasteiger partial charge in [0, 0.05) is 0 Å². The van der Waals surface area contributed by atoms with E-state index < -0.39 is 0 Å². The quantitative estimate of drug-likeness (QED) is 0.597. The Hall–Kier alpha value is -1.30. The van der Waals surface area contributed by atoms with Crippen LogP contribution in [-0.4, -0.2) is 0 Å². The smallest absolute Gasteiger partial charge is 0.0161 e. The summed E-state index contributed by atoms with van der Waals surface area (Å²) in [4.78, 5) is 0. The first kappa shape index (κ1) is 7.80. The van der Waals surface area contributed by atoms with E-state index in [-0.39, 0.29) is 0 Å². The minimum atomic E-state index is 1.08. The molecule has 1 aromatic carbocycles. The van der Waals surface area contributed by atoms with Crippen molar-refractivity contribution in [3.8, 4) is 0 Å². The van der Waals surface area contributed by atoms with Crippen molar-refractivity contribution in [2.75, 3.05) is 0 Å². The fourth-order valence-electron chi connectivity index (χ4n) is 1.06. The Kier molecular flexibility index (Phi) is 2.27. The Morgan fingerprint density at radius 3 is 2.45 bits per heavy atom. The average Bonchev–Trinajstić information content (AvgIpc) is 2.04. The van der Waals surface area contributed by atoms with Crippen LogP contribution < -0.4 is 0 Å². The Morgan fingerprint density at radius 1 is 1.36 bits per heavy atom. The summed E-state index contributed by atoms with van der Waals surface area (Å²) in [6.07, 6.45) is 1.85. The van der Waals surface area contributed by atoms with Crippen LogP contribution in [0.4, 0.5) is 0 Å². The molecule has 1 rings (SSSR count). The minimum Gasteiger partial charge on any atom is -0.0984 e. The number of rotatable bonds is 2. The molecule has 0 aliphatic rings. The normalized spacial score (nSPS) is 9.18. The van der Waals surface area contributed by atoms with Gasteiger partial charge in [-0.15, -0.1) is 0 Å². The van der Waals surface area contributed by atoms with Crippen LogP contribution >= 0.6 is 0 Å². The summed E-state index contributed by atoms with van der Waals surface area (Å²) in [5, 5.41) is 0. The fraction of sp³-hybridized carbons (Fsp3) is 0.0909. The van der Waals surface area contributed by atoms with Crippen LogP contribution in [0.2, 0.25) is 0 Å². The molecule has 0 N–H and O–H groups in total. The molecule has 56 valence electrons. The molecule has 0 fully saturated rings. The van der Waals surface area contributed by atoms with Gasteiger partial charge in [-0.25, -0.2) is 0 Å². The van der Waals surface area contributed by atoms with E-state index in [2.05, 4.69) is 19.2 Å². The molecule has 0 nitrogen and oxygen atoms in total. The van der Waals surface area contributed by atoms with Gasteiger partial charge in [-0.2, -0.15) is 0 Å². The number of hydrogen-bond donors (Lipinski definition) is 0. The molecule has 0 aliphatic heterocycles. The van der Waals surface area contributed by atoms with Crippen LogP contribution in [0.3, 0.4) is 0 Å². The van der Waals surface area contributed by atoms with Gasteiger partial charge in [-0.1, -0.05) is 49.1 Å². The van der Waals surface area contributed by atoms with Crippen LogP contribution in [0, 0.1) is 0 Å². The highest BCUT2D eigenvalue weighted by Gasteiger charge is 1.96. The molecule has 11 heavy (non-hydrogen) atoms. The van der Waals surface area contributed by atoms with E-state index in [4.69, 9.17) is 0 Å². The Labute approximate surface area is 67.9 Å². The third-order valence-corrected chi connectivity index (χ3v) is 1.64. The SMILES string of the molecule is C=Cc1ccccc1C(=C)C. The molecule has 0 aromatic heterocycles. The molecule has 0 atom stereocenters. The molecule has 0 saturated heterocycles. The van der Waals surface area contributed by atoms with Crippen molar-refractivity contribution in [2.24, 2.45) is 0 Å². The van der Waals surface area contributed by atoms with E-state index in [9.17, 15) is 0 Å². The highest BCUT2D eigenvalue weighted by molar-refractivity contribution is 5.71. The topological polar surface area (TPSA) is 0 Å². The van der Waals surface area contributed by atoms with Crippen LogP contribution in [0.25, 0.3) is 11.6 Å². The van der Waals surface area contributed by atoms with Gasteiger partial charge in [-0.3, -0.25) is 0 Å². The lowest BCUT2D eigenvalue weighted by Crippen LogP contribution is -1.82. The van der Waals surface area contributed by atoms with Gasteiger partial charge < -0.3 is 0 Å². The predicted octanol–water partition coefficient (Wildman–Crippen LogP) is 3.36. The number of hydrogen-bond acceptors (Lipinski definition) is 0. The first-order valence-corrected chi connectivity index (χ1v) is 3.63. The zero-order chi connectivity index (χ0) is 8.27. The van der Waals surface area contributed by atoms with E-state index >= 15 is 0 Å². The summed E-state index contributed by atoms with van der Waals surface area (Å²) in [6.45, 7) is 9.62. The van der Waals surface area contributed by atoms with Crippen molar-refractivity contribution in [3.63, 3.8) is 0 Å². The second-order valence-electron chi connectivity index (χ2n) is 2.57. The lowest BCUT2D eigenvalue weighted by molar-refractivity contribution is 1.55. The zero-order valence-corrected chi connectivity index (χ0v) is 6.80. The molecule has 0 saturated carbocycles. The first-order chi connectivity index (χ1) is 5.25.